The molecule has 0 saturated carbocycles. The molecule has 0 fully saturated rings. The predicted molar refractivity (Wildman–Crippen MR) is 121 cm³/mol. The van der Waals surface area contributed by atoms with E-state index in [0.29, 0.717) is 41.9 Å². The Labute approximate surface area is 184 Å². The van der Waals surface area contributed by atoms with Crippen LogP contribution in [0.15, 0.2) is 51.9 Å². The largest absolute Gasteiger partial charge is 0.490 e. The van der Waals surface area contributed by atoms with Crippen molar-refractivity contribution in [3.8, 4) is 17.6 Å². The van der Waals surface area contributed by atoms with Gasteiger partial charge in [0.2, 0.25) is 5.88 Å². The maximum absolute atomic E-state index is 9.34. The molecular weight excluding hydrogens is 479 g/mol. The van der Waals surface area contributed by atoms with Crippen LogP contribution >= 0.6 is 22.6 Å². The fraction of sp³-hybridized carbons (Fsp3) is 0.217. The summed E-state index contributed by atoms with van der Waals surface area (Å²) in [5, 5.41) is 9.34. The number of nitrogens with zero attached hydrogens (tertiary/aromatic N) is 2. The summed E-state index contributed by atoms with van der Waals surface area (Å²) in [5.41, 5.74) is 3.19. The van der Waals surface area contributed by atoms with Gasteiger partial charge in [-0.05, 0) is 66.6 Å². The van der Waals surface area contributed by atoms with Gasteiger partial charge >= 0.3 is 0 Å². The van der Waals surface area contributed by atoms with Crippen molar-refractivity contribution < 1.29 is 13.9 Å². The fourth-order valence-electron chi connectivity index (χ4n) is 2.76. The normalized spacial score (nSPS) is 10.9. The van der Waals surface area contributed by atoms with Crippen LogP contribution in [0.5, 0.6) is 11.5 Å². The minimum absolute atomic E-state index is 0.319. The lowest BCUT2D eigenvalue weighted by atomic mass is 10.2. The topological polar surface area (TPSA) is 67.8 Å². The van der Waals surface area contributed by atoms with E-state index in [-0.39, 0.29) is 0 Å². The average Bonchev–Trinajstić information content (AvgIpc) is 2.99. The van der Waals surface area contributed by atoms with Gasteiger partial charge in [0.15, 0.2) is 11.5 Å². The predicted octanol–water partition coefficient (Wildman–Crippen LogP) is 6.10. The Kier molecular flexibility index (Phi) is 6.94. The highest BCUT2D eigenvalue weighted by Gasteiger charge is 2.14. The van der Waals surface area contributed by atoms with Gasteiger partial charge in [0.25, 0.3) is 0 Å². The van der Waals surface area contributed by atoms with Gasteiger partial charge in [-0.3, -0.25) is 0 Å². The molecule has 0 unspecified atom stereocenters. The number of hydrogen-bond donors (Lipinski definition) is 0. The van der Waals surface area contributed by atoms with Crippen molar-refractivity contribution in [3.05, 3.63) is 74.0 Å². The summed E-state index contributed by atoms with van der Waals surface area (Å²) < 4.78 is 18.4. The Hall–Kier alpha value is -2.79. The summed E-state index contributed by atoms with van der Waals surface area (Å²) in [7, 11) is 0. The van der Waals surface area contributed by atoms with Crippen molar-refractivity contribution in [1.82, 2.24) is 0 Å². The van der Waals surface area contributed by atoms with Crippen LogP contribution in [0.25, 0.3) is 0 Å². The third-order valence-corrected chi connectivity index (χ3v) is 5.17. The number of aryl methyl sites for hydroxylation is 1. The van der Waals surface area contributed by atoms with Gasteiger partial charge in [-0.2, -0.15) is 5.26 Å². The number of aliphatic imine (C=N–C) groups is 1. The first-order valence-electron chi connectivity index (χ1n) is 9.20. The number of rotatable bonds is 7. The van der Waals surface area contributed by atoms with Crippen molar-refractivity contribution in [2.45, 2.75) is 27.4 Å². The molecule has 5 nitrogen and oxygen atoms in total. The quantitative estimate of drug-likeness (QED) is 0.291. The Morgan fingerprint density at radius 2 is 1.93 bits per heavy atom. The highest BCUT2D eigenvalue weighted by atomic mass is 127. The van der Waals surface area contributed by atoms with Crippen LogP contribution in [0.3, 0.4) is 0 Å². The second kappa shape index (κ2) is 9.61. The number of benzene rings is 2. The summed E-state index contributed by atoms with van der Waals surface area (Å²) in [6.07, 6.45) is 1.67. The van der Waals surface area contributed by atoms with E-state index in [0.717, 1.165) is 20.3 Å². The van der Waals surface area contributed by atoms with E-state index in [1.165, 1.54) is 0 Å². The summed E-state index contributed by atoms with van der Waals surface area (Å²) in [6.45, 7) is 6.59. The van der Waals surface area contributed by atoms with Crippen LogP contribution in [-0.2, 0) is 6.61 Å². The van der Waals surface area contributed by atoms with Gasteiger partial charge in [-0.25, -0.2) is 4.99 Å². The van der Waals surface area contributed by atoms with E-state index in [1.807, 2.05) is 63.2 Å². The minimum Gasteiger partial charge on any atom is -0.490 e. The number of ether oxygens (including phenoxy) is 2. The van der Waals surface area contributed by atoms with Gasteiger partial charge in [-0.15, -0.1) is 0 Å². The first kappa shape index (κ1) is 20.9. The Balaban J connectivity index is 1.87. The standard InChI is InChI=1S/C23H21IN2O3/c1-4-27-21-11-18(13-26-23-19(12-25)15(2)16(3)29-23)10-20(24)22(21)28-14-17-8-6-5-7-9-17/h5-11,13H,4,14H2,1-3H3. The second-order valence-corrected chi connectivity index (χ2v) is 7.53. The van der Waals surface area contributed by atoms with E-state index in [1.54, 1.807) is 6.21 Å². The molecule has 29 heavy (non-hydrogen) atoms. The molecule has 0 aliphatic heterocycles. The van der Waals surface area contributed by atoms with E-state index in [9.17, 15) is 5.26 Å². The van der Waals surface area contributed by atoms with E-state index >= 15 is 0 Å². The molecule has 0 N–H and O–H groups in total. The zero-order chi connectivity index (χ0) is 20.8. The molecular formula is C23H21IN2O3. The van der Waals surface area contributed by atoms with Crippen molar-refractivity contribution in [3.63, 3.8) is 0 Å². The smallest absolute Gasteiger partial charge is 0.237 e. The molecule has 0 aliphatic rings. The number of nitriles is 1. The molecule has 3 aromatic rings. The van der Waals surface area contributed by atoms with E-state index < -0.39 is 0 Å². The third kappa shape index (κ3) is 4.98. The van der Waals surface area contributed by atoms with Crippen molar-refractivity contribution in [1.29, 1.82) is 5.26 Å². The summed E-state index contributed by atoms with van der Waals surface area (Å²) in [5.74, 6) is 2.38. The first-order chi connectivity index (χ1) is 14.0. The van der Waals surface area contributed by atoms with Gasteiger partial charge in [0.1, 0.15) is 24.0 Å². The molecule has 0 atom stereocenters. The minimum atomic E-state index is 0.319. The van der Waals surface area contributed by atoms with Gasteiger partial charge in [0, 0.05) is 11.8 Å². The molecule has 0 spiro atoms. The lowest BCUT2D eigenvalue weighted by Gasteiger charge is -2.14. The molecule has 1 heterocycles. The first-order valence-corrected chi connectivity index (χ1v) is 10.3. The monoisotopic (exact) mass is 500 g/mol. The van der Waals surface area contributed by atoms with E-state index in [2.05, 4.69) is 33.7 Å². The highest BCUT2D eigenvalue weighted by molar-refractivity contribution is 14.1. The average molecular weight is 500 g/mol. The lowest BCUT2D eigenvalue weighted by Crippen LogP contribution is -2.02. The summed E-state index contributed by atoms with van der Waals surface area (Å²) in [4.78, 5) is 4.38. The Bertz CT molecular complexity index is 1070. The SMILES string of the molecule is CCOc1cc(C=Nc2oc(C)c(C)c2C#N)cc(I)c1OCc1ccccc1. The highest BCUT2D eigenvalue weighted by Crippen LogP contribution is 2.35. The lowest BCUT2D eigenvalue weighted by molar-refractivity contribution is 0.267. The van der Waals surface area contributed by atoms with Crippen LogP contribution in [0.1, 0.15) is 34.9 Å². The Morgan fingerprint density at radius 1 is 1.17 bits per heavy atom. The van der Waals surface area contributed by atoms with Crippen molar-refractivity contribution >= 4 is 34.7 Å². The van der Waals surface area contributed by atoms with Gasteiger partial charge in [0.05, 0.1) is 10.2 Å². The number of hydrogen-bond acceptors (Lipinski definition) is 5. The van der Waals surface area contributed by atoms with Crippen LogP contribution in [0.4, 0.5) is 5.88 Å². The molecule has 148 valence electrons. The van der Waals surface area contributed by atoms with E-state index in [4.69, 9.17) is 13.9 Å². The van der Waals surface area contributed by atoms with Crippen LogP contribution in [-0.4, -0.2) is 12.8 Å². The van der Waals surface area contributed by atoms with Gasteiger partial charge in [-0.1, -0.05) is 30.3 Å². The number of halogens is 1. The fourth-order valence-corrected chi connectivity index (χ4v) is 3.54. The molecule has 0 bridgehead atoms. The maximum atomic E-state index is 9.34. The molecule has 0 radical (unpaired) electrons. The molecule has 3 rings (SSSR count). The Morgan fingerprint density at radius 3 is 2.62 bits per heavy atom. The van der Waals surface area contributed by atoms with Crippen molar-refractivity contribution in [2.24, 2.45) is 4.99 Å². The maximum Gasteiger partial charge on any atom is 0.237 e. The van der Waals surface area contributed by atoms with Crippen LogP contribution in [0, 0.1) is 28.7 Å². The number of furan rings is 1. The molecule has 1 aromatic heterocycles. The van der Waals surface area contributed by atoms with Crippen LogP contribution in [0.2, 0.25) is 0 Å². The molecule has 6 heteroatoms. The summed E-state index contributed by atoms with van der Waals surface area (Å²) in [6, 6.07) is 16.0. The zero-order valence-electron chi connectivity index (χ0n) is 16.5. The summed E-state index contributed by atoms with van der Waals surface area (Å²) >= 11 is 2.23. The molecule has 0 saturated heterocycles. The molecule has 0 amide bonds. The van der Waals surface area contributed by atoms with Gasteiger partial charge < -0.3 is 13.9 Å². The molecule has 0 aliphatic carbocycles. The third-order valence-electron chi connectivity index (χ3n) is 4.37. The van der Waals surface area contributed by atoms with Crippen LogP contribution < -0.4 is 9.47 Å². The zero-order valence-corrected chi connectivity index (χ0v) is 18.7. The van der Waals surface area contributed by atoms with Crippen molar-refractivity contribution in [2.75, 3.05) is 6.61 Å². The molecule has 2 aromatic carbocycles. The second-order valence-electron chi connectivity index (χ2n) is 6.37.